The van der Waals surface area contributed by atoms with Gasteiger partial charge in [-0.2, -0.15) is 0 Å². The molecule has 0 radical (unpaired) electrons. The monoisotopic (exact) mass is 264 g/mol. The number of esters is 1. The molecule has 0 aromatic carbocycles. The Morgan fingerprint density at radius 1 is 1.35 bits per heavy atom. The molecule has 5 nitrogen and oxygen atoms in total. The lowest BCUT2D eigenvalue weighted by Crippen LogP contribution is -2.30. The third-order valence-electron chi connectivity index (χ3n) is 2.03. The van der Waals surface area contributed by atoms with Crippen LogP contribution >= 0.6 is 0 Å². The van der Waals surface area contributed by atoms with Gasteiger partial charge >= 0.3 is 11.9 Å². The van der Waals surface area contributed by atoms with Crippen molar-refractivity contribution in [1.82, 2.24) is 0 Å². The van der Waals surface area contributed by atoms with E-state index in [9.17, 15) is 13.8 Å². The quantitative estimate of drug-likeness (QED) is 0.666. The zero-order valence-corrected chi connectivity index (χ0v) is 11.3. The van der Waals surface area contributed by atoms with Crippen LogP contribution in [0.15, 0.2) is 0 Å². The predicted octanol–water partition coefficient (Wildman–Crippen LogP) is 1.19. The highest BCUT2D eigenvalue weighted by molar-refractivity contribution is 7.86. The fourth-order valence-corrected chi connectivity index (χ4v) is 2.45. The van der Waals surface area contributed by atoms with Crippen molar-refractivity contribution in [2.75, 3.05) is 12.4 Å². The summed E-state index contributed by atoms with van der Waals surface area (Å²) in [6.45, 7) is 5.86. The summed E-state index contributed by atoms with van der Waals surface area (Å²) in [5.41, 5.74) is 0. The number of aliphatic carboxylic acids is 1. The molecule has 0 aliphatic carbocycles. The lowest BCUT2D eigenvalue weighted by Gasteiger charge is -2.14. The van der Waals surface area contributed by atoms with Crippen molar-refractivity contribution in [2.45, 2.75) is 38.9 Å². The number of hydrogen-bond donors (Lipinski definition) is 1. The topological polar surface area (TPSA) is 80.7 Å². The SMILES string of the molecule is CCC(C(=O)OCC(C)C)S(=O)CCC(=O)O. The molecule has 0 aliphatic rings. The lowest BCUT2D eigenvalue weighted by atomic mass is 10.2. The molecule has 0 saturated heterocycles. The average molecular weight is 264 g/mol. The normalized spacial score (nSPS) is 14.4. The summed E-state index contributed by atoms with van der Waals surface area (Å²) in [6, 6.07) is 0. The van der Waals surface area contributed by atoms with Crippen LogP contribution in [0.5, 0.6) is 0 Å². The summed E-state index contributed by atoms with van der Waals surface area (Å²) >= 11 is 0. The summed E-state index contributed by atoms with van der Waals surface area (Å²) in [6.07, 6.45) is 0.198. The first-order valence-electron chi connectivity index (χ1n) is 5.64. The predicted molar refractivity (Wildman–Crippen MR) is 65.1 cm³/mol. The molecule has 0 aromatic rings. The van der Waals surface area contributed by atoms with Crippen molar-refractivity contribution in [1.29, 1.82) is 0 Å². The number of rotatable bonds is 8. The van der Waals surface area contributed by atoms with Crippen LogP contribution in [-0.4, -0.2) is 38.9 Å². The van der Waals surface area contributed by atoms with E-state index in [-0.39, 0.29) is 18.1 Å². The molecule has 6 heteroatoms. The van der Waals surface area contributed by atoms with E-state index in [4.69, 9.17) is 9.84 Å². The molecule has 1 N–H and O–H groups in total. The second-order valence-corrected chi connectivity index (χ2v) is 5.89. The smallest absolute Gasteiger partial charge is 0.321 e. The maximum atomic E-state index is 11.7. The van der Waals surface area contributed by atoms with Gasteiger partial charge in [-0.05, 0) is 12.3 Å². The minimum absolute atomic E-state index is 0.00931. The average Bonchev–Trinajstić information content (AvgIpc) is 2.24. The summed E-state index contributed by atoms with van der Waals surface area (Å²) in [5, 5.41) is 7.77. The Labute approximate surface area is 104 Å². The molecule has 100 valence electrons. The van der Waals surface area contributed by atoms with E-state index in [1.165, 1.54) is 0 Å². The van der Waals surface area contributed by atoms with Gasteiger partial charge in [0.1, 0.15) is 5.25 Å². The molecule has 0 bridgehead atoms. The maximum Gasteiger partial charge on any atom is 0.321 e. The van der Waals surface area contributed by atoms with Gasteiger partial charge in [0.05, 0.1) is 13.0 Å². The Morgan fingerprint density at radius 2 is 1.94 bits per heavy atom. The van der Waals surface area contributed by atoms with Crippen LogP contribution in [-0.2, 0) is 25.1 Å². The highest BCUT2D eigenvalue weighted by atomic mass is 32.2. The summed E-state index contributed by atoms with van der Waals surface area (Å²) in [5.74, 6) is -1.29. The number of carbonyl (C=O) groups is 2. The third kappa shape index (κ3) is 7.10. The molecule has 0 rings (SSSR count). The summed E-state index contributed by atoms with van der Waals surface area (Å²) in [7, 11) is -1.48. The van der Waals surface area contributed by atoms with E-state index in [2.05, 4.69) is 0 Å². The number of ether oxygens (including phenoxy) is 1. The van der Waals surface area contributed by atoms with Gasteiger partial charge in [-0.25, -0.2) is 0 Å². The number of carboxylic acid groups (broad SMARTS) is 1. The molecule has 17 heavy (non-hydrogen) atoms. The molecular weight excluding hydrogens is 244 g/mol. The second kappa shape index (κ2) is 8.22. The molecule has 2 atom stereocenters. The van der Waals surface area contributed by atoms with Crippen molar-refractivity contribution in [2.24, 2.45) is 5.92 Å². The van der Waals surface area contributed by atoms with E-state index in [1.807, 2.05) is 13.8 Å². The molecular formula is C11H20O5S. The maximum absolute atomic E-state index is 11.7. The molecule has 2 unspecified atom stereocenters. The molecule has 0 spiro atoms. The van der Waals surface area contributed by atoms with Crippen molar-refractivity contribution in [3.05, 3.63) is 0 Å². The number of carboxylic acids is 1. The van der Waals surface area contributed by atoms with E-state index in [1.54, 1.807) is 6.92 Å². The molecule has 0 amide bonds. The van der Waals surface area contributed by atoms with Crippen molar-refractivity contribution in [3.63, 3.8) is 0 Å². The van der Waals surface area contributed by atoms with Gasteiger partial charge in [0, 0.05) is 16.6 Å². The van der Waals surface area contributed by atoms with Gasteiger partial charge in [-0.3, -0.25) is 13.8 Å². The largest absolute Gasteiger partial charge is 0.481 e. The van der Waals surface area contributed by atoms with E-state index < -0.39 is 28.0 Å². The highest BCUT2D eigenvalue weighted by Gasteiger charge is 2.25. The highest BCUT2D eigenvalue weighted by Crippen LogP contribution is 2.07. The fourth-order valence-electron chi connectivity index (χ4n) is 1.13. The third-order valence-corrected chi connectivity index (χ3v) is 3.79. The Bertz CT molecular complexity index is 288. The number of carbonyl (C=O) groups excluding carboxylic acids is 1. The van der Waals surface area contributed by atoms with Crippen LogP contribution in [0.2, 0.25) is 0 Å². The van der Waals surface area contributed by atoms with Gasteiger partial charge in [-0.1, -0.05) is 20.8 Å². The van der Waals surface area contributed by atoms with Crippen molar-refractivity contribution in [3.8, 4) is 0 Å². The molecule has 0 heterocycles. The van der Waals surface area contributed by atoms with Crippen LogP contribution in [0.3, 0.4) is 0 Å². The molecule has 0 aliphatic heterocycles. The Morgan fingerprint density at radius 3 is 2.35 bits per heavy atom. The number of hydrogen-bond acceptors (Lipinski definition) is 4. The zero-order chi connectivity index (χ0) is 13.4. The fraction of sp³-hybridized carbons (Fsp3) is 0.818. The first kappa shape index (κ1) is 16.1. The molecule has 0 saturated carbocycles. The van der Waals surface area contributed by atoms with Gasteiger partial charge < -0.3 is 9.84 Å². The van der Waals surface area contributed by atoms with Gasteiger partial charge in [0.25, 0.3) is 0 Å². The molecule has 0 fully saturated rings. The zero-order valence-electron chi connectivity index (χ0n) is 10.5. The Hall–Kier alpha value is -0.910. The van der Waals surface area contributed by atoms with Gasteiger partial charge in [0.15, 0.2) is 0 Å². The summed E-state index contributed by atoms with van der Waals surface area (Å²) < 4.78 is 16.7. The van der Waals surface area contributed by atoms with E-state index >= 15 is 0 Å². The minimum Gasteiger partial charge on any atom is -0.481 e. The molecule has 0 aromatic heterocycles. The Kier molecular flexibility index (Phi) is 7.78. The van der Waals surface area contributed by atoms with Gasteiger partial charge in [-0.15, -0.1) is 0 Å². The summed E-state index contributed by atoms with van der Waals surface area (Å²) in [4.78, 5) is 22.0. The Balaban J connectivity index is 4.24. The van der Waals surface area contributed by atoms with Crippen molar-refractivity contribution >= 4 is 22.7 Å². The lowest BCUT2D eigenvalue weighted by molar-refractivity contribution is -0.144. The van der Waals surface area contributed by atoms with Crippen molar-refractivity contribution < 1.29 is 23.6 Å². The minimum atomic E-state index is -1.48. The first-order chi connectivity index (χ1) is 7.88. The van der Waals surface area contributed by atoms with E-state index in [0.717, 1.165) is 0 Å². The van der Waals surface area contributed by atoms with E-state index in [0.29, 0.717) is 13.0 Å². The van der Waals surface area contributed by atoms with Crippen LogP contribution in [0.4, 0.5) is 0 Å². The second-order valence-electron chi connectivity index (χ2n) is 4.15. The van der Waals surface area contributed by atoms with Crippen LogP contribution in [0.25, 0.3) is 0 Å². The van der Waals surface area contributed by atoms with Crippen LogP contribution in [0.1, 0.15) is 33.6 Å². The standard InChI is InChI=1S/C11H20O5S/c1-4-9(11(14)16-7-8(2)3)17(15)6-5-10(12)13/h8-9H,4-7H2,1-3H3,(H,12,13). The van der Waals surface area contributed by atoms with Gasteiger partial charge in [0.2, 0.25) is 0 Å². The van der Waals surface area contributed by atoms with Crippen LogP contribution < -0.4 is 0 Å². The first-order valence-corrected chi connectivity index (χ1v) is 7.02. The van der Waals surface area contributed by atoms with Crippen LogP contribution in [0, 0.1) is 5.92 Å².